The first-order valence-corrected chi connectivity index (χ1v) is 8.01. The normalized spacial score (nSPS) is 13.0. The molecule has 18 heavy (non-hydrogen) atoms. The highest BCUT2D eigenvalue weighted by Gasteiger charge is 2.14. The Morgan fingerprint density at radius 1 is 1.22 bits per heavy atom. The predicted octanol–water partition coefficient (Wildman–Crippen LogP) is 4.49. The molecule has 102 valence electrons. The molecule has 0 bridgehead atoms. The highest BCUT2D eigenvalue weighted by Crippen LogP contribution is 2.24. The molecule has 2 heteroatoms. The molecule has 1 rings (SSSR count). The van der Waals surface area contributed by atoms with Crippen LogP contribution in [0.3, 0.4) is 0 Å². The summed E-state index contributed by atoms with van der Waals surface area (Å²) in [6.45, 7) is 12.2. The zero-order chi connectivity index (χ0) is 13.5. The fourth-order valence-electron chi connectivity index (χ4n) is 2.00. The molecule has 1 unspecified atom stereocenters. The van der Waals surface area contributed by atoms with E-state index in [0.717, 1.165) is 12.3 Å². The molecule has 1 N–H and O–H groups in total. The summed E-state index contributed by atoms with van der Waals surface area (Å²) in [6.07, 6.45) is 1.19. The van der Waals surface area contributed by atoms with Crippen molar-refractivity contribution in [1.29, 1.82) is 0 Å². The molecule has 0 aliphatic heterocycles. The molecule has 0 saturated heterocycles. The molecule has 0 amide bonds. The molecule has 0 aliphatic carbocycles. The summed E-state index contributed by atoms with van der Waals surface area (Å²) in [5.41, 5.74) is 4.23. The van der Waals surface area contributed by atoms with Gasteiger partial charge in [-0.2, -0.15) is 11.8 Å². The number of hydrogen-bond donors (Lipinski definition) is 1. The summed E-state index contributed by atoms with van der Waals surface area (Å²) in [6, 6.07) is 7.26. The lowest BCUT2D eigenvalue weighted by molar-refractivity contribution is 0.574. The van der Waals surface area contributed by atoms with Crippen molar-refractivity contribution in [2.75, 3.05) is 12.3 Å². The third-order valence-corrected chi connectivity index (χ3v) is 4.24. The smallest absolute Gasteiger partial charge is 0.0414 e. The van der Waals surface area contributed by atoms with Gasteiger partial charge in [-0.1, -0.05) is 44.5 Å². The number of benzene rings is 1. The van der Waals surface area contributed by atoms with Crippen LogP contribution in [0.25, 0.3) is 0 Å². The molecule has 1 aromatic rings. The average molecular weight is 265 g/mol. The number of nitrogens with one attached hydrogen (secondary N) is 1. The molecule has 0 radical (unpaired) electrons. The monoisotopic (exact) mass is 265 g/mol. The maximum atomic E-state index is 3.69. The fourth-order valence-corrected chi connectivity index (χ4v) is 2.88. The van der Waals surface area contributed by atoms with E-state index in [2.05, 4.69) is 58.1 Å². The first-order chi connectivity index (χ1) is 8.54. The Labute approximate surface area is 117 Å². The second kappa shape index (κ2) is 7.85. The van der Waals surface area contributed by atoms with Crippen molar-refractivity contribution in [1.82, 2.24) is 5.32 Å². The zero-order valence-electron chi connectivity index (χ0n) is 12.4. The minimum atomic E-state index is 0.484. The first-order valence-electron chi connectivity index (χ1n) is 6.96. The average Bonchev–Trinajstić information content (AvgIpc) is 2.32. The lowest BCUT2D eigenvalue weighted by atomic mass is 10.00. The Morgan fingerprint density at radius 3 is 2.56 bits per heavy atom. The molecule has 0 fully saturated rings. The number of aryl methyl sites for hydroxylation is 2. The molecule has 1 aromatic carbocycles. The third kappa shape index (κ3) is 5.03. The summed E-state index contributed by atoms with van der Waals surface area (Å²) in [5, 5.41) is 4.38. The van der Waals surface area contributed by atoms with E-state index in [1.165, 1.54) is 23.1 Å². The van der Waals surface area contributed by atoms with Crippen molar-refractivity contribution in [3.8, 4) is 0 Å². The Hall–Kier alpha value is -0.470. The lowest BCUT2D eigenvalue weighted by Crippen LogP contribution is -2.25. The van der Waals surface area contributed by atoms with Gasteiger partial charge in [-0.3, -0.25) is 0 Å². The summed E-state index contributed by atoms with van der Waals surface area (Å²) < 4.78 is 0. The lowest BCUT2D eigenvalue weighted by Gasteiger charge is -2.22. The van der Waals surface area contributed by atoms with Crippen molar-refractivity contribution in [3.63, 3.8) is 0 Å². The van der Waals surface area contributed by atoms with Crippen molar-refractivity contribution in [2.45, 2.75) is 52.3 Å². The predicted molar refractivity (Wildman–Crippen MR) is 84.5 cm³/mol. The number of hydrogen-bond acceptors (Lipinski definition) is 2. The molecule has 0 spiro atoms. The Bertz CT molecular complexity index is 360. The van der Waals surface area contributed by atoms with Gasteiger partial charge in [0.15, 0.2) is 0 Å². The van der Waals surface area contributed by atoms with E-state index in [4.69, 9.17) is 0 Å². The van der Waals surface area contributed by atoms with Crippen LogP contribution in [0, 0.1) is 13.8 Å². The SMILES string of the molecule is CCCNC(CSC(C)C)c1cc(C)ccc1C. The molecular formula is C16H27NS. The second-order valence-electron chi connectivity index (χ2n) is 5.25. The molecule has 0 aromatic heterocycles. The number of thioether (sulfide) groups is 1. The van der Waals surface area contributed by atoms with Crippen molar-refractivity contribution >= 4 is 11.8 Å². The molecule has 0 saturated carbocycles. The topological polar surface area (TPSA) is 12.0 Å². The molecule has 1 nitrogen and oxygen atoms in total. The van der Waals surface area contributed by atoms with Crippen LogP contribution in [0.1, 0.15) is 49.9 Å². The van der Waals surface area contributed by atoms with Gasteiger partial charge in [-0.05, 0) is 43.2 Å². The number of rotatable bonds is 7. The highest BCUT2D eigenvalue weighted by molar-refractivity contribution is 7.99. The maximum Gasteiger partial charge on any atom is 0.0414 e. The first kappa shape index (κ1) is 15.6. The Balaban J connectivity index is 2.82. The van der Waals surface area contributed by atoms with Crippen LogP contribution >= 0.6 is 11.8 Å². The van der Waals surface area contributed by atoms with E-state index >= 15 is 0 Å². The van der Waals surface area contributed by atoms with Gasteiger partial charge in [0, 0.05) is 11.8 Å². The summed E-state index contributed by atoms with van der Waals surface area (Å²) >= 11 is 2.04. The van der Waals surface area contributed by atoms with E-state index in [9.17, 15) is 0 Å². The minimum Gasteiger partial charge on any atom is -0.309 e. The molecule has 1 atom stereocenters. The van der Waals surface area contributed by atoms with E-state index in [-0.39, 0.29) is 0 Å². The third-order valence-electron chi connectivity index (χ3n) is 3.05. The van der Waals surface area contributed by atoms with Gasteiger partial charge in [0.25, 0.3) is 0 Å². The maximum absolute atomic E-state index is 3.69. The summed E-state index contributed by atoms with van der Waals surface area (Å²) in [4.78, 5) is 0. The van der Waals surface area contributed by atoms with Crippen LogP contribution in [0.4, 0.5) is 0 Å². The molecule has 0 heterocycles. The quantitative estimate of drug-likeness (QED) is 0.780. The van der Waals surface area contributed by atoms with Crippen molar-refractivity contribution in [3.05, 3.63) is 34.9 Å². The van der Waals surface area contributed by atoms with E-state index in [1.807, 2.05) is 11.8 Å². The van der Waals surface area contributed by atoms with E-state index in [1.54, 1.807) is 0 Å². The molecular weight excluding hydrogens is 238 g/mol. The minimum absolute atomic E-state index is 0.484. The summed E-state index contributed by atoms with van der Waals surface area (Å²) in [7, 11) is 0. The Morgan fingerprint density at radius 2 is 1.94 bits per heavy atom. The zero-order valence-corrected chi connectivity index (χ0v) is 13.2. The van der Waals surface area contributed by atoms with Crippen LogP contribution in [0.2, 0.25) is 0 Å². The Kier molecular flexibility index (Phi) is 6.80. The molecule has 0 aliphatic rings. The van der Waals surface area contributed by atoms with Crippen LogP contribution in [-0.4, -0.2) is 17.5 Å². The van der Waals surface area contributed by atoms with Gasteiger partial charge in [0.05, 0.1) is 0 Å². The van der Waals surface area contributed by atoms with Gasteiger partial charge in [0.2, 0.25) is 0 Å². The highest BCUT2D eigenvalue weighted by atomic mass is 32.2. The second-order valence-corrected chi connectivity index (χ2v) is 6.86. The van der Waals surface area contributed by atoms with Crippen LogP contribution in [0.15, 0.2) is 18.2 Å². The standard InChI is InChI=1S/C16H27NS/c1-6-9-17-16(11-18-12(2)3)15-10-13(4)7-8-14(15)5/h7-8,10,12,16-17H,6,9,11H2,1-5H3. The van der Waals surface area contributed by atoms with Crippen LogP contribution < -0.4 is 5.32 Å². The van der Waals surface area contributed by atoms with Gasteiger partial charge >= 0.3 is 0 Å². The van der Waals surface area contributed by atoms with Crippen LogP contribution in [0.5, 0.6) is 0 Å². The van der Waals surface area contributed by atoms with Gasteiger partial charge in [0.1, 0.15) is 0 Å². The van der Waals surface area contributed by atoms with Gasteiger partial charge < -0.3 is 5.32 Å². The fraction of sp³-hybridized carbons (Fsp3) is 0.625. The largest absolute Gasteiger partial charge is 0.309 e. The van der Waals surface area contributed by atoms with Crippen molar-refractivity contribution in [2.24, 2.45) is 0 Å². The van der Waals surface area contributed by atoms with Crippen LogP contribution in [-0.2, 0) is 0 Å². The van der Waals surface area contributed by atoms with E-state index < -0.39 is 0 Å². The van der Waals surface area contributed by atoms with Gasteiger partial charge in [-0.15, -0.1) is 0 Å². The van der Waals surface area contributed by atoms with Crippen molar-refractivity contribution < 1.29 is 0 Å². The van der Waals surface area contributed by atoms with E-state index in [0.29, 0.717) is 11.3 Å². The summed E-state index contributed by atoms with van der Waals surface area (Å²) in [5.74, 6) is 1.15. The van der Waals surface area contributed by atoms with Gasteiger partial charge in [-0.25, -0.2) is 0 Å².